The van der Waals surface area contributed by atoms with Gasteiger partial charge in [-0.15, -0.1) is 23.1 Å². The molecule has 3 amide bonds. The number of aromatic nitrogens is 1. The van der Waals surface area contributed by atoms with Crippen LogP contribution in [-0.2, 0) is 9.59 Å². The van der Waals surface area contributed by atoms with E-state index in [1.165, 1.54) is 23.1 Å². The van der Waals surface area contributed by atoms with Crippen molar-refractivity contribution in [2.75, 3.05) is 29.6 Å². The molecule has 0 atom stereocenters. The van der Waals surface area contributed by atoms with Gasteiger partial charge >= 0.3 is 0 Å². The zero-order valence-electron chi connectivity index (χ0n) is 26.4. The van der Waals surface area contributed by atoms with Gasteiger partial charge in [0.25, 0.3) is 11.8 Å². The Bertz CT molecular complexity index is 1870. The van der Waals surface area contributed by atoms with Crippen molar-refractivity contribution in [1.29, 1.82) is 0 Å². The van der Waals surface area contributed by atoms with Crippen LogP contribution in [0.3, 0.4) is 0 Å². The van der Waals surface area contributed by atoms with Gasteiger partial charge in [-0.2, -0.15) is 0 Å². The topological polar surface area (TPSA) is 119 Å². The van der Waals surface area contributed by atoms with Crippen LogP contribution in [0.4, 0.5) is 10.8 Å². The number of hydrogen-bond acceptors (Lipinski definition) is 8. The molecule has 4 aromatic carbocycles. The fourth-order valence-electron chi connectivity index (χ4n) is 4.45. The van der Waals surface area contributed by atoms with Crippen LogP contribution in [0.15, 0.2) is 119 Å². The Hall–Kier alpha value is -5.39. The second kappa shape index (κ2) is 17.0. The molecule has 0 aliphatic heterocycles. The summed E-state index contributed by atoms with van der Waals surface area (Å²) >= 11 is 2.68. The molecule has 5 rings (SSSR count). The Morgan fingerprint density at radius 3 is 2.19 bits per heavy atom. The van der Waals surface area contributed by atoms with Crippen molar-refractivity contribution in [2.24, 2.45) is 0 Å². The quantitative estimate of drug-likeness (QED) is 0.0812. The number of nitrogens with zero attached hydrogens (tertiary/aromatic N) is 1. The van der Waals surface area contributed by atoms with E-state index in [9.17, 15) is 14.4 Å². The monoisotopic (exact) mass is 678 g/mol. The third kappa shape index (κ3) is 9.81. The molecule has 5 aromatic rings. The first-order chi connectivity index (χ1) is 23.4. The molecule has 11 heteroatoms. The molecule has 0 aliphatic rings. The fourth-order valence-corrected chi connectivity index (χ4v) is 5.95. The molecule has 1 aromatic heterocycles. The maximum absolute atomic E-state index is 13.5. The lowest BCUT2D eigenvalue weighted by molar-refractivity contribution is -0.114. The molecule has 244 valence electrons. The average molecular weight is 679 g/mol. The number of carbonyl (C=O) groups excluding carboxylic acids is 3. The van der Waals surface area contributed by atoms with E-state index in [2.05, 4.69) is 20.9 Å². The van der Waals surface area contributed by atoms with Crippen molar-refractivity contribution in [2.45, 2.75) is 18.7 Å². The Balaban J connectivity index is 1.21. The number of amides is 3. The normalized spacial score (nSPS) is 11.0. The van der Waals surface area contributed by atoms with Crippen LogP contribution in [0.1, 0.15) is 29.8 Å². The lowest BCUT2D eigenvalue weighted by atomic mass is 10.1. The molecule has 9 nitrogen and oxygen atoms in total. The lowest BCUT2D eigenvalue weighted by Crippen LogP contribution is -2.30. The van der Waals surface area contributed by atoms with E-state index in [1.54, 1.807) is 60.7 Å². The summed E-state index contributed by atoms with van der Waals surface area (Å²) in [5.41, 5.74) is 3.41. The van der Waals surface area contributed by atoms with Gasteiger partial charge in [0.2, 0.25) is 5.91 Å². The molecule has 3 N–H and O–H groups in total. The average Bonchev–Trinajstić information content (AvgIpc) is 3.57. The first kappa shape index (κ1) is 34.0. The van der Waals surface area contributed by atoms with Crippen molar-refractivity contribution in [1.82, 2.24) is 10.3 Å². The highest BCUT2D eigenvalue weighted by Gasteiger charge is 2.16. The van der Waals surface area contributed by atoms with Gasteiger partial charge in [0.1, 0.15) is 17.2 Å². The molecular weight excluding hydrogens is 645 g/mol. The summed E-state index contributed by atoms with van der Waals surface area (Å²) in [5, 5.41) is 10.9. The zero-order valence-corrected chi connectivity index (χ0v) is 28.0. The predicted molar refractivity (Wildman–Crippen MR) is 193 cm³/mol. The summed E-state index contributed by atoms with van der Waals surface area (Å²) < 4.78 is 11.0. The van der Waals surface area contributed by atoms with Crippen molar-refractivity contribution < 1.29 is 23.9 Å². The zero-order chi connectivity index (χ0) is 33.7. The minimum atomic E-state index is -0.500. The molecule has 0 bridgehead atoms. The number of carbonyl (C=O) groups is 3. The van der Waals surface area contributed by atoms with E-state index in [0.717, 1.165) is 21.9 Å². The molecule has 0 fully saturated rings. The van der Waals surface area contributed by atoms with Gasteiger partial charge in [0, 0.05) is 27.1 Å². The van der Waals surface area contributed by atoms with Gasteiger partial charge in [0.15, 0.2) is 5.13 Å². The second-order valence-corrected chi connectivity index (χ2v) is 12.1. The van der Waals surface area contributed by atoms with Gasteiger partial charge < -0.3 is 25.4 Å². The number of nitrogens with one attached hydrogen (secondary N) is 3. The molecule has 0 aliphatic carbocycles. The van der Waals surface area contributed by atoms with Gasteiger partial charge in [0.05, 0.1) is 24.7 Å². The first-order valence-corrected chi connectivity index (χ1v) is 17.1. The highest BCUT2D eigenvalue weighted by atomic mass is 32.2. The second-order valence-electron chi connectivity index (χ2n) is 10.2. The van der Waals surface area contributed by atoms with Crippen LogP contribution in [0.5, 0.6) is 11.5 Å². The smallest absolute Gasteiger partial charge is 0.272 e. The summed E-state index contributed by atoms with van der Waals surface area (Å²) in [6, 6.07) is 30.7. The van der Waals surface area contributed by atoms with E-state index in [0.29, 0.717) is 40.9 Å². The van der Waals surface area contributed by atoms with Crippen molar-refractivity contribution >= 4 is 57.7 Å². The number of thioether (sulfide) groups is 1. The van der Waals surface area contributed by atoms with Gasteiger partial charge in [-0.05, 0) is 92.2 Å². The number of hydrogen-bond donors (Lipinski definition) is 3. The Kier molecular flexibility index (Phi) is 12.0. The molecule has 0 radical (unpaired) electrons. The third-order valence-electron chi connectivity index (χ3n) is 6.70. The summed E-state index contributed by atoms with van der Waals surface area (Å²) in [5.74, 6) is 0.529. The number of benzene rings is 4. The van der Waals surface area contributed by atoms with Gasteiger partial charge in [-0.1, -0.05) is 36.4 Å². The Labute approximate surface area is 287 Å². The van der Waals surface area contributed by atoms with Crippen LogP contribution >= 0.6 is 23.1 Å². The largest absolute Gasteiger partial charge is 0.494 e. The van der Waals surface area contributed by atoms with Crippen LogP contribution in [0.25, 0.3) is 17.3 Å². The molecule has 0 saturated heterocycles. The molecule has 48 heavy (non-hydrogen) atoms. The summed E-state index contributed by atoms with van der Waals surface area (Å²) in [6.45, 7) is 4.98. The molecular formula is C37H34N4O5S2. The Morgan fingerprint density at radius 2 is 1.50 bits per heavy atom. The summed E-state index contributed by atoms with van der Waals surface area (Å²) in [7, 11) is 0. The van der Waals surface area contributed by atoms with Crippen LogP contribution < -0.4 is 25.4 Å². The maximum atomic E-state index is 13.5. The minimum Gasteiger partial charge on any atom is -0.494 e. The van der Waals surface area contributed by atoms with Gasteiger partial charge in [-0.3, -0.25) is 14.4 Å². The van der Waals surface area contributed by atoms with E-state index in [-0.39, 0.29) is 17.4 Å². The molecule has 1 heterocycles. The number of thiazole rings is 1. The number of anilines is 2. The highest BCUT2D eigenvalue weighted by molar-refractivity contribution is 8.00. The SMILES string of the molecule is CCOc1ccc(/C=C(/NC(=O)c2ccccc2)C(=O)Nc2cccc(SCC(=O)Nc3nc(-c4ccc(OCC)cc4)cs3)c2)cc1. The third-order valence-corrected chi connectivity index (χ3v) is 8.46. The van der Waals surface area contributed by atoms with Crippen molar-refractivity contribution in [3.05, 3.63) is 125 Å². The Morgan fingerprint density at radius 1 is 0.812 bits per heavy atom. The van der Waals surface area contributed by atoms with Crippen LogP contribution in [-0.4, -0.2) is 41.7 Å². The number of rotatable bonds is 14. The van der Waals surface area contributed by atoms with Crippen LogP contribution in [0.2, 0.25) is 0 Å². The summed E-state index contributed by atoms with van der Waals surface area (Å²) in [6.07, 6.45) is 1.61. The summed E-state index contributed by atoms with van der Waals surface area (Å²) in [4.78, 5) is 44.5. The van der Waals surface area contributed by atoms with E-state index < -0.39 is 11.8 Å². The first-order valence-electron chi connectivity index (χ1n) is 15.2. The van der Waals surface area contributed by atoms with Gasteiger partial charge in [-0.25, -0.2) is 4.98 Å². The molecule has 0 unspecified atom stereocenters. The minimum absolute atomic E-state index is 0.0681. The lowest BCUT2D eigenvalue weighted by Gasteiger charge is -2.12. The van der Waals surface area contributed by atoms with E-state index >= 15 is 0 Å². The molecule has 0 saturated carbocycles. The number of ether oxygens (including phenoxy) is 2. The predicted octanol–water partition coefficient (Wildman–Crippen LogP) is 7.75. The molecule has 0 spiro atoms. The van der Waals surface area contributed by atoms with Crippen molar-refractivity contribution in [3.63, 3.8) is 0 Å². The van der Waals surface area contributed by atoms with Crippen LogP contribution in [0, 0.1) is 0 Å². The fraction of sp³-hybridized carbons (Fsp3) is 0.135. The van der Waals surface area contributed by atoms with E-state index in [4.69, 9.17) is 9.47 Å². The standard InChI is InChI=1S/C37H34N4O5S2/c1-3-45-29-17-13-25(14-18-29)21-32(39-35(43)27-9-6-5-7-10-27)36(44)38-28-11-8-12-31(22-28)47-24-34(42)41-37-40-33(23-48-37)26-15-19-30(20-16-26)46-4-2/h5-23H,3-4,24H2,1-2H3,(H,38,44)(H,39,43)(H,40,41,42)/b32-21+. The van der Waals surface area contributed by atoms with Crippen molar-refractivity contribution in [3.8, 4) is 22.8 Å². The van der Waals surface area contributed by atoms with E-state index in [1.807, 2.05) is 67.8 Å². The highest BCUT2D eigenvalue weighted by Crippen LogP contribution is 2.27. The maximum Gasteiger partial charge on any atom is 0.272 e.